The van der Waals surface area contributed by atoms with Crippen molar-refractivity contribution >= 4 is 50.4 Å². The molecule has 1 amide bonds. The second kappa shape index (κ2) is 10.0. The van der Waals surface area contributed by atoms with Crippen molar-refractivity contribution in [3.8, 4) is 0 Å². The van der Waals surface area contributed by atoms with E-state index in [4.69, 9.17) is 16.3 Å². The van der Waals surface area contributed by atoms with E-state index in [2.05, 4.69) is 15.0 Å². The van der Waals surface area contributed by atoms with E-state index >= 15 is 0 Å². The fraction of sp³-hybridized carbons (Fsp3) is 0.304. The highest BCUT2D eigenvalue weighted by Crippen LogP contribution is 2.17. The summed E-state index contributed by atoms with van der Waals surface area (Å²) in [4.78, 5) is 42.9. The summed E-state index contributed by atoms with van der Waals surface area (Å²) in [6, 6.07) is 11.1. The minimum absolute atomic E-state index is 0.0174. The number of carbonyl (C=O) groups is 2. The van der Waals surface area contributed by atoms with Crippen molar-refractivity contribution in [3.05, 3.63) is 69.0 Å². The average molecular weight is 521 g/mol. The Bertz CT molecular complexity index is 1440. The lowest BCUT2D eigenvalue weighted by molar-refractivity contribution is -0.155. The Labute approximate surface area is 207 Å². The van der Waals surface area contributed by atoms with E-state index in [9.17, 15) is 22.8 Å². The van der Waals surface area contributed by atoms with Crippen LogP contribution in [0.1, 0.15) is 36.7 Å². The Kier molecular flexibility index (Phi) is 7.51. The van der Waals surface area contributed by atoms with Crippen LogP contribution >= 0.6 is 11.6 Å². The van der Waals surface area contributed by atoms with Crippen molar-refractivity contribution in [1.82, 2.24) is 14.9 Å². The number of benzene rings is 1. The molecule has 0 fully saturated rings. The second-order valence-corrected chi connectivity index (χ2v) is 11.0. The van der Waals surface area contributed by atoms with Gasteiger partial charge in [0.2, 0.25) is 10.0 Å². The zero-order valence-electron chi connectivity index (χ0n) is 19.6. The first-order chi connectivity index (χ1) is 16.2. The molecule has 0 aliphatic rings. The average Bonchev–Trinajstić information content (AvgIpc) is 2.72. The molecule has 2 aromatic heterocycles. The summed E-state index contributed by atoms with van der Waals surface area (Å²) in [5.41, 5.74) is -0.998. The molecule has 186 valence electrons. The van der Waals surface area contributed by atoms with Gasteiger partial charge in [-0.1, -0.05) is 23.7 Å². The summed E-state index contributed by atoms with van der Waals surface area (Å²) >= 11 is 5.88. The lowest BCUT2D eigenvalue weighted by Crippen LogP contribution is -2.36. The molecule has 2 heterocycles. The van der Waals surface area contributed by atoms with Crippen LogP contribution in [0.25, 0.3) is 11.0 Å². The number of fused-ring (bicyclic) bond motifs is 1. The van der Waals surface area contributed by atoms with E-state index in [1.54, 1.807) is 45.0 Å². The number of anilines is 1. The fourth-order valence-corrected chi connectivity index (χ4v) is 3.81. The molecular weight excluding hydrogens is 496 g/mol. The second-order valence-electron chi connectivity index (χ2n) is 8.83. The quantitative estimate of drug-likeness (QED) is 0.457. The highest BCUT2D eigenvalue weighted by molar-refractivity contribution is 7.92. The molecule has 0 saturated heterocycles. The van der Waals surface area contributed by atoms with Gasteiger partial charge in [0.1, 0.15) is 29.2 Å². The van der Waals surface area contributed by atoms with E-state index in [1.165, 1.54) is 18.2 Å². The van der Waals surface area contributed by atoms with Crippen LogP contribution in [0.3, 0.4) is 0 Å². The predicted molar refractivity (Wildman–Crippen MR) is 133 cm³/mol. The number of ether oxygens (including phenoxy) is 1. The number of nitrogens with one attached hydrogen (secondary N) is 2. The van der Waals surface area contributed by atoms with E-state index in [0.29, 0.717) is 10.4 Å². The molecule has 0 unspecified atom stereocenters. The molecule has 0 saturated carbocycles. The molecule has 0 atom stereocenters. The molecule has 0 bridgehead atoms. The zero-order chi connectivity index (χ0) is 26.0. The summed E-state index contributed by atoms with van der Waals surface area (Å²) in [5, 5.41) is 3.58. The third kappa shape index (κ3) is 7.27. The molecule has 0 radical (unpaired) electrons. The van der Waals surface area contributed by atoms with Crippen LogP contribution in [0.4, 0.5) is 5.82 Å². The van der Waals surface area contributed by atoms with Crippen LogP contribution in [0.2, 0.25) is 5.02 Å². The standard InChI is InChI=1S/C23H25ClN4O6S/c1-23(2,3)34-19(29)13-28-20-15(7-10-18(26-20)27-35(4,32)33)11-17(22(28)31)21(30)25-12-14-5-8-16(24)9-6-14/h5-11H,12-13H2,1-4H3,(H,25,30)(H,26,27). The number of carbonyl (C=O) groups excluding carboxylic acids is 2. The number of sulfonamides is 1. The number of aromatic nitrogens is 2. The Morgan fingerprint density at radius 3 is 2.37 bits per heavy atom. The molecule has 35 heavy (non-hydrogen) atoms. The maximum Gasteiger partial charge on any atom is 0.326 e. The van der Waals surface area contributed by atoms with Crippen molar-refractivity contribution in [2.45, 2.75) is 39.5 Å². The summed E-state index contributed by atoms with van der Waals surface area (Å²) in [6.45, 7) is 4.66. The fourth-order valence-electron chi connectivity index (χ4n) is 3.19. The van der Waals surface area contributed by atoms with Crippen LogP contribution in [0, 0.1) is 0 Å². The van der Waals surface area contributed by atoms with Gasteiger partial charge in [-0.05, 0) is 56.7 Å². The predicted octanol–water partition coefficient (Wildman–Crippen LogP) is 2.69. The number of amides is 1. The highest BCUT2D eigenvalue weighted by Gasteiger charge is 2.22. The van der Waals surface area contributed by atoms with E-state index < -0.39 is 39.6 Å². The van der Waals surface area contributed by atoms with Gasteiger partial charge >= 0.3 is 5.97 Å². The molecular formula is C23H25ClN4O6S. The van der Waals surface area contributed by atoms with Gasteiger partial charge < -0.3 is 10.1 Å². The molecule has 2 N–H and O–H groups in total. The van der Waals surface area contributed by atoms with Crippen molar-refractivity contribution in [2.24, 2.45) is 0 Å². The van der Waals surface area contributed by atoms with Crippen LogP contribution in [-0.4, -0.2) is 41.7 Å². The Morgan fingerprint density at radius 1 is 1.11 bits per heavy atom. The first-order valence-electron chi connectivity index (χ1n) is 10.5. The maximum atomic E-state index is 13.3. The molecule has 0 aliphatic heterocycles. The number of pyridine rings is 2. The van der Waals surface area contributed by atoms with Gasteiger partial charge in [-0.15, -0.1) is 0 Å². The number of hydrogen-bond donors (Lipinski definition) is 2. The zero-order valence-corrected chi connectivity index (χ0v) is 21.2. The van der Waals surface area contributed by atoms with Gasteiger partial charge in [0.15, 0.2) is 0 Å². The SMILES string of the molecule is CC(C)(C)OC(=O)Cn1c(=O)c(C(=O)NCc2ccc(Cl)cc2)cc2ccc(NS(C)(=O)=O)nc21. The van der Waals surface area contributed by atoms with Crippen LogP contribution in [-0.2, 0) is 32.6 Å². The van der Waals surface area contributed by atoms with E-state index in [0.717, 1.165) is 16.4 Å². The Balaban J connectivity index is 2.03. The summed E-state index contributed by atoms with van der Waals surface area (Å²) in [6.07, 6.45) is 0.959. The molecule has 0 aliphatic carbocycles. The first-order valence-corrected chi connectivity index (χ1v) is 12.8. The molecule has 1 aromatic carbocycles. The number of rotatable bonds is 7. The lowest BCUT2D eigenvalue weighted by Gasteiger charge is -2.20. The van der Waals surface area contributed by atoms with Crippen LogP contribution in [0.5, 0.6) is 0 Å². The van der Waals surface area contributed by atoms with Gasteiger partial charge in [0.25, 0.3) is 11.5 Å². The lowest BCUT2D eigenvalue weighted by atomic mass is 10.1. The Morgan fingerprint density at radius 2 is 1.77 bits per heavy atom. The minimum Gasteiger partial charge on any atom is -0.459 e. The van der Waals surface area contributed by atoms with Gasteiger partial charge in [-0.3, -0.25) is 23.7 Å². The van der Waals surface area contributed by atoms with Crippen LogP contribution < -0.4 is 15.6 Å². The van der Waals surface area contributed by atoms with E-state index in [1.807, 2.05) is 0 Å². The third-order valence-corrected chi connectivity index (χ3v) is 5.38. The summed E-state index contributed by atoms with van der Waals surface area (Å²) in [7, 11) is -3.64. The molecule has 10 nitrogen and oxygen atoms in total. The van der Waals surface area contributed by atoms with Crippen molar-refractivity contribution in [2.75, 3.05) is 11.0 Å². The first kappa shape index (κ1) is 26.2. The normalized spacial score (nSPS) is 11.8. The van der Waals surface area contributed by atoms with Crippen LogP contribution in [0.15, 0.2) is 47.3 Å². The maximum absolute atomic E-state index is 13.3. The smallest absolute Gasteiger partial charge is 0.326 e. The van der Waals surface area contributed by atoms with Crippen molar-refractivity contribution in [1.29, 1.82) is 0 Å². The largest absolute Gasteiger partial charge is 0.459 e. The van der Waals surface area contributed by atoms with Crippen molar-refractivity contribution < 1.29 is 22.7 Å². The Hall–Kier alpha value is -3.44. The topological polar surface area (TPSA) is 136 Å². The molecule has 3 rings (SSSR count). The highest BCUT2D eigenvalue weighted by atomic mass is 35.5. The van der Waals surface area contributed by atoms with Gasteiger partial charge in [-0.25, -0.2) is 13.4 Å². The van der Waals surface area contributed by atoms with Crippen molar-refractivity contribution in [3.63, 3.8) is 0 Å². The van der Waals surface area contributed by atoms with Gasteiger partial charge in [0.05, 0.1) is 6.26 Å². The summed E-state index contributed by atoms with van der Waals surface area (Å²) < 4.78 is 31.8. The molecule has 0 spiro atoms. The van der Waals surface area contributed by atoms with Gasteiger partial charge in [0, 0.05) is 17.0 Å². The van der Waals surface area contributed by atoms with Gasteiger partial charge in [-0.2, -0.15) is 0 Å². The molecule has 12 heteroatoms. The number of hydrogen-bond acceptors (Lipinski definition) is 7. The monoisotopic (exact) mass is 520 g/mol. The minimum atomic E-state index is -3.64. The number of esters is 1. The number of nitrogens with zero attached hydrogens (tertiary/aromatic N) is 2. The van der Waals surface area contributed by atoms with E-state index in [-0.39, 0.29) is 23.6 Å². The summed E-state index contributed by atoms with van der Waals surface area (Å²) in [5.74, 6) is -1.41. The molecule has 3 aromatic rings. The third-order valence-electron chi connectivity index (χ3n) is 4.54. The number of halogens is 1.